The summed E-state index contributed by atoms with van der Waals surface area (Å²) in [6, 6.07) is 10.8. The first-order chi connectivity index (χ1) is 12.1. The average Bonchev–Trinajstić information content (AvgIpc) is 3.16. The van der Waals surface area contributed by atoms with Crippen molar-refractivity contribution < 1.29 is 9.59 Å². The molecule has 2 heterocycles. The minimum absolute atomic E-state index is 0.0344. The van der Waals surface area contributed by atoms with Crippen molar-refractivity contribution in [2.75, 3.05) is 19.6 Å². The number of hydrogen-bond acceptors (Lipinski definition) is 3. The van der Waals surface area contributed by atoms with Crippen LogP contribution in [0.3, 0.4) is 0 Å². The van der Waals surface area contributed by atoms with Gasteiger partial charge in [-0.25, -0.2) is 0 Å². The van der Waals surface area contributed by atoms with E-state index in [-0.39, 0.29) is 17.5 Å². The molecule has 1 aliphatic heterocycles. The van der Waals surface area contributed by atoms with Gasteiger partial charge in [0.25, 0.3) is 11.8 Å². The van der Waals surface area contributed by atoms with Gasteiger partial charge in [-0.05, 0) is 49.1 Å². The first-order valence-electron chi connectivity index (χ1n) is 8.41. The Balaban J connectivity index is 1.58. The number of hydrogen-bond donors (Lipinski definition) is 1. The van der Waals surface area contributed by atoms with Crippen molar-refractivity contribution in [2.45, 2.75) is 19.3 Å². The number of likely N-dealkylation sites (tertiary alicyclic amines) is 1. The molecule has 130 valence electrons. The highest BCUT2D eigenvalue weighted by molar-refractivity contribution is 6.30. The standard InChI is InChI=1S/C19H20ClN3O2/c20-16-5-3-4-14(12-16)6-8-22-18(24)17-13-15(7-9-21-17)19(25)23-10-1-2-11-23/h3-5,7,9,12-13H,1-2,6,8,10-11H2,(H,22,24). The molecule has 1 aromatic heterocycles. The summed E-state index contributed by atoms with van der Waals surface area (Å²) < 4.78 is 0. The molecule has 1 aromatic carbocycles. The molecular weight excluding hydrogens is 338 g/mol. The summed E-state index contributed by atoms with van der Waals surface area (Å²) in [5, 5.41) is 3.51. The number of rotatable bonds is 5. The zero-order valence-electron chi connectivity index (χ0n) is 13.9. The van der Waals surface area contributed by atoms with Crippen LogP contribution in [0.1, 0.15) is 39.3 Å². The molecule has 1 aliphatic rings. The van der Waals surface area contributed by atoms with Gasteiger partial charge in [-0.2, -0.15) is 0 Å². The Labute approximate surface area is 152 Å². The molecule has 3 rings (SSSR count). The Kier molecular flexibility index (Phi) is 5.66. The molecular formula is C19H20ClN3O2. The van der Waals surface area contributed by atoms with Crippen LogP contribution in [0.4, 0.5) is 0 Å². The Morgan fingerprint density at radius 1 is 1.16 bits per heavy atom. The number of nitrogens with zero attached hydrogens (tertiary/aromatic N) is 2. The highest BCUT2D eigenvalue weighted by Crippen LogP contribution is 2.13. The van der Waals surface area contributed by atoms with Gasteiger partial charge in [0, 0.05) is 36.4 Å². The molecule has 1 N–H and O–H groups in total. The SMILES string of the molecule is O=C(NCCc1cccc(Cl)c1)c1cc(C(=O)N2CCCC2)ccn1. The van der Waals surface area contributed by atoms with E-state index in [2.05, 4.69) is 10.3 Å². The lowest BCUT2D eigenvalue weighted by Gasteiger charge is -2.15. The third kappa shape index (κ3) is 4.57. The molecule has 0 bridgehead atoms. The molecule has 0 saturated carbocycles. The van der Waals surface area contributed by atoms with E-state index in [0.717, 1.165) is 31.5 Å². The number of aromatic nitrogens is 1. The molecule has 25 heavy (non-hydrogen) atoms. The second-order valence-electron chi connectivity index (χ2n) is 6.06. The molecule has 6 heteroatoms. The van der Waals surface area contributed by atoms with E-state index in [4.69, 9.17) is 11.6 Å². The fourth-order valence-corrected chi connectivity index (χ4v) is 3.11. The molecule has 0 spiro atoms. The zero-order valence-corrected chi connectivity index (χ0v) is 14.6. The van der Waals surface area contributed by atoms with Crippen LogP contribution in [-0.2, 0) is 6.42 Å². The smallest absolute Gasteiger partial charge is 0.269 e. The summed E-state index contributed by atoms with van der Waals surface area (Å²) in [6.45, 7) is 2.04. The van der Waals surface area contributed by atoms with Gasteiger partial charge in [0.2, 0.25) is 0 Å². The summed E-state index contributed by atoms with van der Waals surface area (Å²) in [5.74, 6) is -0.314. The number of carbonyl (C=O) groups excluding carboxylic acids is 2. The van der Waals surface area contributed by atoms with Crippen molar-refractivity contribution in [3.05, 3.63) is 64.4 Å². The Hall–Kier alpha value is -2.40. The highest BCUT2D eigenvalue weighted by atomic mass is 35.5. The van der Waals surface area contributed by atoms with E-state index in [1.165, 1.54) is 6.20 Å². The van der Waals surface area contributed by atoms with E-state index in [1.807, 2.05) is 29.2 Å². The fraction of sp³-hybridized carbons (Fsp3) is 0.316. The van der Waals surface area contributed by atoms with Crippen LogP contribution in [0.25, 0.3) is 0 Å². The minimum atomic E-state index is -0.280. The van der Waals surface area contributed by atoms with Gasteiger partial charge in [-0.1, -0.05) is 23.7 Å². The Morgan fingerprint density at radius 3 is 2.72 bits per heavy atom. The third-order valence-electron chi connectivity index (χ3n) is 4.22. The van der Waals surface area contributed by atoms with Crippen LogP contribution < -0.4 is 5.32 Å². The maximum absolute atomic E-state index is 12.4. The lowest BCUT2D eigenvalue weighted by atomic mass is 10.1. The van der Waals surface area contributed by atoms with Crippen LogP contribution in [0.2, 0.25) is 5.02 Å². The number of carbonyl (C=O) groups is 2. The van der Waals surface area contributed by atoms with Crippen molar-refractivity contribution >= 4 is 23.4 Å². The Morgan fingerprint density at radius 2 is 1.96 bits per heavy atom. The zero-order chi connectivity index (χ0) is 17.6. The van der Waals surface area contributed by atoms with Gasteiger partial charge in [-0.15, -0.1) is 0 Å². The normalized spacial score (nSPS) is 13.7. The third-order valence-corrected chi connectivity index (χ3v) is 4.46. The first kappa shape index (κ1) is 17.4. The van der Waals surface area contributed by atoms with Gasteiger partial charge in [-0.3, -0.25) is 14.6 Å². The molecule has 2 aromatic rings. The largest absolute Gasteiger partial charge is 0.350 e. The van der Waals surface area contributed by atoms with Gasteiger partial charge in [0.05, 0.1) is 0 Å². The summed E-state index contributed by atoms with van der Waals surface area (Å²) >= 11 is 5.95. The number of pyridine rings is 1. The average molecular weight is 358 g/mol. The lowest BCUT2D eigenvalue weighted by Crippen LogP contribution is -2.29. The number of halogens is 1. The quantitative estimate of drug-likeness (QED) is 0.894. The number of amides is 2. The fourth-order valence-electron chi connectivity index (χ4n) is 2.89. The minimum Gasteiger partial charge on any atom is -0.350 e. The molecule has 0 atom stereocenters. The van der Waals surface area contributed by atoms with Gasteiger partial charge in [0.1, 0.15) is 5.69 Å². The second kappa shape index (κ2) is 8.12. The van der Waals surface area contributed by atoms with Crippen LogP contribution in [0.15, 0.2) is 42.6 Å². The molecule has 1 saturated heterocycles. The first-order valence-corrected chi connectivity index (χ1v) is 8.79. The topological polar surface area (TPSA) is 62.3 Å². The van der Waals surface area contributed by atoms with Gasteiger partial charge >= 0.3 is 0 Å². The summed E-state index contributed by atoms with van der Waals surface area (Å²) in [5.41, 5.74) is 1.83. The van der Waals surface area contributed by atoms with Crippen molar-refractivity contribution in [1.29, 1.82) is 0 Å². The predicted octanol–water partition coefficient (Wildman–Crippen LogP) is 2.94. The summed E-state index contributed by atoms with van der Waals surface area (Å²) in [7, 11) is 0. The molecule has 5 nitrogen and oxygen atoms in total. The molecule has 2 amide bonds. The summed E-state index contributed by atoms with van der Waals surface area (Å²) in [4.78, 5) is 30.6. The van der Waals surface area contributed by atoms with Gasteiger partial charge in [0.15, 0.2) is 0 Å². The van der Waals surface area contributed by atoms with Crippen molar-refractivity contribution in [2.24, 2.45) is 0 Å². The van der Waals surface area contributed by atoms with Gasteiger partial charge < -0.3 is 10.2 Å². The maximum Gasteiger partial charge on any atom is 0.269 e. The van der Waals surface area contributed by atoms with E-state index >= 15 is 0 Å². The lowest BCUT2D eigenvalue weighted by molar-refractivity contribution is 0.0792. The number of benzene rings is 1. The van der Waals surface area contributed by atoms with Crippen molar-refractivity contribution in [1.82, 2.24) is 15.2 Å². The monoisotopic (exact) mass is 357 g/mol. The van der Waals surface area contributed by atoms with Crippen LogP contribution in [-0.4, -0.2) is 41.3 Å². The molecule has 0 unspecified atom stereocenters. The van der Waals surface area contributed by atoms with E-state index in [9.17, 15) is 9.59 Å². The molecule has 0 radical (unpaired) electrons. The van der Waals surface area contributed by atoms with Crippen LogP contribution in [0.5, 0.6) is 0 Å². The second-order valence-corrected chi connectivity index (χ2v) is 6.50. The van der Waals surface area contributed by atoms with E-state index in [0.29, 0.717) is 23.6 Å². The van der Waals surface area contributed by atoms with E-state index in [1.54, 1.807) is 12.1 Å². The summed E-state index contributed by atoms with van der Waals surface area (Å²) in [6.07, 6.45) is 4.26. The van der Waals surface area contributed by atoms with Crippen molar-refractivity contribution in [3.8, 4) is 0 Å². The van der Waals surface area contributed by atoms with Crippen LogP contribution in [0, 0.1) is 0 Å². The Bertz CT molecular complexity index is 773. The number of nitrogens with one attached hydrogen (secondary N) is 1. The molecule has 0 aliphatic carbocycles. The van der Waals surface area contributed by atoms with Crippen molar-refractivity contribution in [3.63, 3.8) is 0 Å². The van der Waals surface area contributed by atoms with E-state index < -0.39 is 0 Å². The molecule has 1 fully saturated rings. The van der Waals surface area contributed by atoms with Crippen LogP contribution >= 0.6 is 11.6 Å². The maximum atomic E-state index is 12.4. The highest BCUT2D eigenvalue weighted by Gasteiger charge is 2.20. The predicted molar refractivity (Wildman–Crippen MR) is 96.9 cm³/mol.